The van der Waals surface area contributed by atoms with Gasteiger partial charge in [0.1, 0.15) is 5.75 Å². The zero-order valence-corrected chi connectivity index (χ0v) is 12.0. The minimum atomic E-state index is 0.559. The van der Waals surface area contributed by atoms with Crippen molar-refractivity contribution in [3.8, 4) is 5.75 Å². The first-order valence-electron chi connectivity index (χ1n) is 7.12. The maximum atomic E-state index is 5.81. The number of nitrogens with zero attached hydrogens (tertiary/aromatic N) is 1. The van der Waals surface area contributed by atoms with Crippen LogP contribution in [0.5, 0.6) is 5.75 Å². The standard InChI is InChI=1S/C15H25N3O/c1-12(18-8-4-3-5-9-18)11-17-13-6-7-14(16)15(10-13)19-2/h6-7,10,12,17H,3-5,8-9,11,16H2,1-2H3. The number of ether oxygens (including phenoxy) is 1. The van der Waals surface area contributed by atoms with Gasteiger partial charge in [-0.25, -0.2) is 0 Å². The summed E-state index contributed by atoms with van der Waals surface area (Å²) in [5.74, 6) is 0.732. The molecule has 1 saturated heterocycles. The number of hydrogen-bond donors (Lipinski definition) is 2. The Hall–Kier alpha value is -1.42. The molecule has 1 aromatic carbocycles. The molecule has 0 aliphatic carbocycles. The van der Waals surface area contributed by atoms with E-state index >= 15 is 0 Å². The maximum absolute atomic E-state index is 5.81. The van der Waals surface area contributed by atoms with Crippen molar-refractivity contribution in [2.24, 2.45) is 0 Å². The first kappa shape index (κ1) is 14.0. The molecule has 1 aliphatic heterocycles. The maximum Gasteiger partial charge on any atom is 0.143 e. The highest BCUT2D eigenvalue weighted by atomic mass is 16.5. The fourth-order valence-electron chi connectivity index (χ4n) is 2.57. The topological polar surface area (TPSA) is 50.5 Å². The van der Waals surface area contributed by atoms with E-state index in [2.05, 4.69) is 17.1 Å². The van der Waals surface area contributed by atoms with Crippen molar-refractivity contribution in [2.45, 2.75) is 32.2 Å². The third-order valence-electron chi connectivity index (χ3n) is 3.85. The van der Waals surface area contributed by atoms with Crippen LogP contribution in [0.3, 0.4) is 0 Å². The predicted octanol–water partition coefficient (Wildman–Crippen LogP) is 2.56. The fraction of sp³-hybridized carbons (Fsp3) is 0.600. The van der Waals surface area contributed by atoms with Gasteiger partial charge in [0.05, 0.1) is 12.8 Å². The molecule has 1 fully saturated rings. The average Bonchev–Trinajstić information content (AvgIpc) is 2.47. The normalized spacial score (nSPS) is 18.0. The highest BCUT2D eigenvalue weighted by molar-refractivity contribution is 5.61. The number of nitrogen functional groups attached to an aromatic ring is 1. The monoisotopic (exact) mass is 263 g/mol. The lowest BCUT2D eigenvalue weighted by Gasteiger charge is -2.32. The van der Waals surface area contributed by atoms with Crippen molar-refractivity contribution >= 4 is 11.4 Å². The van der Waals surface area contributed by atoms with Crippen LogP contribution >= 0.6 is 0 Å². The third kappa shape index (κ3) is 3.77. The van der Waals surface area contributed by atoms with Gasteiger partial charge in [-0.15, -0.1) is 0 Å². The molecule has 4 heteroatoms. The van der Waals surface area contributed by atoms with Crippen LogP contribution in [-0.2, 0) is 0 Å². The second-order valence-electron chi connectivity index (χ2n) is 5.28. The Bertz CT molecular complexity index is 402. The lowest BCUT2D eigenvalue weighted by Crippen LogP contribution is -2.41. The van der Waals surface area contributed by atoms with E-state index < -0.39 is 0 Å². The molecule has 1 aromatic rings. The van der Waals surface area contributed by atoms with Crippen LogP contribution < -0.4 is 15.8 Å². The van der Waals surface area contributed by atoms with Gasteiger partial charge in [-0.2, -0.15) is 0 Å². The van der Waals surface area contributed by atoms with E-state index in [1.807, 2.05) is 18.2 Å². The number of hydrogen-bond acceptors (Lipinski definition) is 4. The number of nitrogens with two attached hydrogens (primary N) is 1. The van der Waals surface area contributed by atoms with Crippen LogP contribution in [-0.4, -0.2) is 37.7 Å². The van der Waals surface area contributed by atoms with E-state index in [1.54, 1.807) is 7.11 Å². The molecule has 0 bridgehead atoms. The zero-order chi connectivity index (χ0) is 13.7. The average molecular weight is 263 g/mol. The Morgan fingerprint density at radius 1 is 1.32 bits per heavy atom. The molecule has 0 spiro atoms. The summed E-state index contributed by atoms with van der Waals surface area (Å²) in [6.07, 6.45) is 4.05. The Morgan fingerprint density at radius 2 is 2.05 bits per heavy atom. The minimum absolute atomic E-state index is 0.559. The Morgan fingerprint density at radius 3 is 2.74 bits per heavy atom. The molecule has 1 heterocycles. The SMILES string of the molecule is COc1cc(NCC(C)N2CCCCC2)ccc1N. The van der Waals surface area contributed by atoms with Gasteiger partial charge in [0, 0.05) is 24.3 Å². The lowest BCUT2D eigenvalue weighted by atomic mass is 10.1. The van der Waals surface area contributed by atoms with Crippen LogP contribution in [0.2, 0.25) is 0 Å². The molecule has 1 atom stereocenters. The summed E-state index contributed by atoms with van der Waals surface area (Å²) >= 11 is 0. The Labute approximate surface area is 115 Å². The van der Waals surface area contributed by atoms with Crippen molar-refractivity contribution < 1.29 is 4.74 Å². The van der Waals surface area contributed by atoms with Gasteiger partial charge in [0.15, 0.2) is 0 Å². The van der Waals surface area contributed by atoms with Gasteiger partial charge in [-0.1, -0.05) is 6.42 Å². The van der Waals surface area contributed by atoms with Gasteiger partial charge >= 0.3 is 0 Å². The summed E-state index contributed by atoms with van der Waals surface area (Å²) in [4.78, 5) is 2.56. The van der Waals surface area contributed by atoms with Gasteiger partial charge in [0.25, 0.3) is 0 Å². The molecule has 1 aliphatic rings. The van der Waals surface area contributed by atoms with E-state index in [9.17, 15) is 0 Å². The first-order valence-corrected chi connectivity index (χ1v) is 7.12. The number of rotatable bonds is 5. The second-order valence-corrected chi connectivity index (χ2v) is 5.28. The molecule has 1 unspecified atom stereocenters. The molecule has 0 amide bonds. The van der Waals surface area contributed by atoms with Crippen LogP contribution in [0.4, 0.5) is 11.4 Å². The Kier molecular flexibility index (Phi) is 4.91. The smallest absolute Gasteiger partial charge is 0.143 e. The number of anilines is 2. The van der Waals surface area contributed by atoms with Crippen LogP contribution in [0.15, 0.2) is 18.2 Å². The van der Waals surface area contributed by atoms with Crippen LogP contribution in [0.1, 0.15) is 26.2 Å². The van der Waals surface area contributed by atoms with E-state index in [0.29, 0.717) is 11.7 Å². The molecular formula is C15H25N3O. The second kappa shape index (κ2) is 6.66. The summed E-state index contributed by atoms with van der Waals surface area (Å²) in [7, 11) is 1.64. The highest BCUT2D eigenvalue weighted by Crippen LogP contribution is 2.25. The molecule has 4 nitrogen and oxygen atoms in total. The number of piperidine rings is 1. The van der Waals surface area contributed by atoms with E-state index in [4.69, 9.17) is 10.5 Å². The fourth-order valence-corrected chi connectivity index (χ4v) is 2.57. The first-order chi connectivity index (χ1) is 9.20. The van der Waals surface area contributed by atoms with Gasteiger partial charge in [0.2, 0.25) is 0 Å². The molecule has 106 valence electrons. The van der Waals surface area contributed by atoms with E-state index in [1.165, 1.54) is 32.4 Å². The molecule has 19 heavy (non-hydrogen) atoms. The van der Waals surface area contributed by atoms with Crippen LogP contribution in [0.25, 0.3) is 0 Å². The number of methoxy groups -OCH3 is 1. The molecule has 0 saturated carbocycles. The zero-order valence-electron chi connectivity index (χ0n) is 12.0. The quantitative estimate of drug-likeness (QED) is 0.802. The largest absolute Gasteiger partial charge is 0.495 e. The summed E-state index contributed by atoms with van der Waals surface area (Å²) < 4.78 is 5.23. The predicted molar refractivity (Wildman–Crippen MR) is 80.8 cm³/mol. The van der Waals surface area contributed by atoms with Crippen molar-refractivity contribution in [1.82, 2.24) is 4.90 Å². The number of benzene rings is 1. The molecular weight excluding hydrogens is 238 g/mol. The summed E-state index contributed by atoms with van der Waals surface area (Å²) in [5.41, 5.74) is 7.55. The van der Waals surface area contributed by atoms with Crippen molar-refractivity contribution in [3.63, 3.8) is 0 Å². The molecule has 0 aromatic heterocycles. The van der Waals surface area contributed by atoms with Gasteiger partial charge in [-0.05, 0) is 45.0 Å². The van der Waals surface area contributed by atoms with E-state index in [-0.39, 0.29) is 0 Å². The number of nitrogens with one attached hydrogen (secondary N) is 1. The lowest BCUT2D eigenvalue weighted by molar-refractivity contribution is 0.180. The van der Waals surface area contributed by atoms with E-state index in [0.717, 1.165) is 18.0 Å². The van der Waals surface area contributed by atoms with Crippen LogP contribution in [0, 0.1) is 0 Å². The minimum Gasteiger partial charge on any atom is -0.495 e. The highest BCUT2D eigenvalue weighted by Gasteiger charge is 2.16. The third-order valence-corrected chi connectivity index (χ3v) is 3.85. The van der Waals surface area contributed by atoms with Crippen molar-refractivity contribution in [3.05, 3.63) is 18.2 Å². The summed E-state index contributed by atoms with van der Waals surface area (Å²) in [5, 5.41) is 3.47. The summed E-state index contributed by atoms with van der Waals surface area (Å²) in [6.45, 7) is 5.70. The Balaban J connectivity index is 1.87. The molecule has 3 N–H and O–H groups in total. The van der Waals surface area contributed by atoms with Crippen molar-refractivity contribution in [2.75, 3.05) is 37.8 Å². The molecule has 0 radical (unpaired) electrons. The molecule has 2 rings (SSSR count). The van der Waals surface area contributed by atoms with Gasteiger partial charge in [-0.3, -0.25) is 4.90 Å². The van der Waals surface area contributed by atoms with Gasteiger partial charge < -0.3 is 15.8 Å². The number of likely N-dealkylation sites (tertiary alicyclic amines) is 1. The summed E-state index contributed by atoms with van der Waals surface area (Å²) in [6, 6.07) is 6.40. The van der Waals surface area contributed by atoms with Crippen molar-refractivity contribution in [1.29, 1.82) is 0 Å².